The number of H-pyrrole nitrogens is 1. The first-order valence-corrected chi connectivity index (χ1v) is 8.33. The average molecular weight is 340 g/mol. The second-order valence-electron chi connectivity index (χ2n) is 5.61. The lowest BCUT2D eigenvalue weighted by Gasteiger charge is -2.25. The van der Waals surface area contributed by atoms with Gasteiger partial charge >= 0.3 is 0 Å². The smallest absolute Gasteiger partial charge is 0.264 e. The van der Waals surface area contributed by atoms with Gasteiger partial charge in [-0.15, -0.1) is 0 Å². The van der Waals surface area contributed by atoms with Gasteiger partial charge in [-0.05, 0) is 25.6 Å². The standard InChI is InChI=1S/C15H24N4O3S/c1-3-11(2)19-14(21)12(13(20)17-15(19)23)10-16-4-5-18-6-8-22-9-7-18/h10-11,21H,3-9H2,1-2H3,(H,17,20,23)/t11-/m1/s1. The van der Waals surface area contributed by atoms with Crippen molar-refractivity contribution in [2.75, 3.05) is 39.4 Å². The molecule has 0 unspecified atom stereocenters. The Morgan fingerprint density at radius 3 is 2.83 bits per heavy atom. The van der Waals surface area contributed by atoms with E-state index in [4.69, 9.17) is 17.0 Å². The molecule has 0 bridgehead atoms. The number of nitrogens with one attached hydrogen (secondary N) is 1. The van der Waals surface area contributed by atoms with Crippen LogP contribution in [0.15, 0.2) is 9.79 Å². The summed E-state index contributed by atoms with van der Waals surface area (Å²) < 4.78 is 7.08. The molecule has 1 aliphatic rings. The molecule has 1 aliphatic heterocycles. The Kier molecular flexibility index (Phi) is 6.49. The second-order valence-corrected chi connectivity index (χ2v) is 6.00. The van der Waals surface area contributed by atoms with Crippen molar-refractivity contribution in [2.24, 2.45) is 4.99 Å². The Morgan fingerprint density at radius 1 is 1.48 bits per heavy atom. The zero-order valence-electron chi connectivity index (χ0n) is 13.6. The van der Waals surface area contributed by atoms with Crippen molar-refractivity contribution in [2.45, 2.75) is 26.3 Å². The predicted molar refractivity (Wildman–Crippen MR) is 92.3 cm³/mol. The number of aliphatic imine (C=N–C) groups is 1. The normalized spacial score (nSPS) is 17.7. The summed E-state index contributed by atoms with van der Waals surface area (Å²) in [5.74, 6) is -0.122. The third-order valence-corrected chi connectivity index (χ3v) is 4.35. The first-order valence-electron chi connectivity index (χ1n) is 7.92. The molecule has 0 radical (unpaired) electrons. The van der Waals surface area contributed by atoms with Crippen molar-refractivity contribution in [1.29, 1.82) is 0 Å². The van der Waals surface area contributed by atoms with E-state index in [1.807, 2.05) is 13.8 Å². The second kappa shape index (κ2) is 8.37. The Bertz CT molecular complexity index is 662. The molecule has 1 atom stereocenters. The van der Waals surface area contributed by atoms with Crippen LogP contribution in [0.4, 0.5) is 0 Å². The van der Waals surface area contributed by atoms with Gasteiger partial charge in [-0.3, -0.25) is 24.2 Å². The van der Waals surface area contributed by atoms with Crippen LogP contribution in [0.2, 0.25) is 0 Å². The Morgan fingerprint density at radius 2 is 2.17 bits per heavy atom. The molecule has 0 spiro atoms. The highest BCUT2D eigenvalue weighted by atomic mass is 32.1. The zero-order valence-corrected chi connectivity index (χ0v) is 14.4. The lowest BCUT2D eigenvalue weighted by Crippen LogP contribution is -2.37. The van der Waals surface area contributed by atoms with Crippen molar-refractivity contribution >= 4 is 18.4 Å². The van der Waals surface area contributed by atoms with Crippen molar-refractivity contribution < 1.29 is 9.84 Å². The number of morpholine rings is 1. The van der Waals surface area contributed by atoms with E-state index in [2.05, 4.69) is 14.9 Å². The number of rotatable bonds is 6. The molecule has 0 saturated carbocycles. The number of ether oxygens (including phenoxy) is 1. The summed E-state index contributed by atoms with van der Waals surface area (Å²) in [7, 11) is 0. The van der Waals surface area contributed by atoms with E-state index in [1.54, 1.807) is 4.57 Å². The van der Waals surface area contributed by atoms with Crippen molar-refractivity contribution in [3.8, 4) is 5.88 Å². The molecular weight excluding hydrogens is 316 g/mol. The monoisotopic (exact) mass is 340 g/mol. The molecule has 2 N–H and O–H groups in total. The van der Waals surface area contributed by atoms with Crippen molar-refractivity contribution in [3.05, 3.63) is 20.7 Å². The summed E-state index contributed by atoms with van der Waals surface area (Å²) >= 11 is 5.13. The van der Waals surface area contributed by atoms with Crippen LogP contribution >= 0.6 is 12.2 Å². The van der Waals surface area contributed by atoms with Crippen molar-refractivity contribution in [1.82, 2.24) is 14.5 Å². The SMILES string of the molecule is CC[C@@H](C)n1c(O)c(C=NCCN2CCOCC2)c(=O)[nH]c1=S. The number of aromatic nitrogens is 2. The maximum Gasteiger partial charge on any atom is 0.264 e. The zero-order chi connectivity index (χ0) is 16.8. The van der Waals surface area contributed by atoms with Crippen LogP contribution in [0.5, 0.6) is 5.88 Å². The highest BCUT2D eigenvalue weighted by Gasteiger charge is 2.14. The fraction of sp³-hybridized carbons (Fsp3) is 0.667. The fourth-order valence-corrected chi connectivity index (χ4v) is 2.80. The molecular formula is C15H24N4O3S. The number of aromatic amines is 1. The molecule has 0 aliphatic carbocycles. The van der Waals surface area contributed by atoms with Gasteiger partial charge in [0, 0.05) is 31.9 Å². The first kappa shape index (κ1) is 17.8. The molecule has 1 aromatic heterocycles. The number of hydrogen-bond donors (Lipinski definition) is 2. The summed E-state index contributed by atoms with van der Waals surface area (Å²) in [5.41, 5.74) is -0.261. The molecule has 1 aromatic rings. The third kappa shape index (κ3) is 4.49. The predicted octanol–water partition coefficient (Wildman–Crippen LogP) is 1.33. The van der Waals surface area contributed by atoms with E-state index < -0.39 is 5.56 Å². The minimum Gasteiger partial charge on any atom is -0.494 e. The van der Waals surface area contributed by atoms with Gasteiger partial charge < -0.3 is 9.84 Å². The Labute approximate surface area is 140 Å². The fourth-order valence-electron chi connectivity index (χ4n) is 2.44. The van der Waals surface area contributed by atoms with Gasteiger partial charge in [0.25, 0.3) is 5.56 Å². The maximum atomic E-state index is 12.0. The van der Waals surface area contributed by atoms with Gasteiger partial charge in [0.05, 0.1) is 19.8 Å². The van der Waals surface area contributed by atoms with Crippen LogP contribution in [0.3, 0.4) is 0 Å². The van der Waals surface area contributed by atoms with Crippen LogP contribution in [-0.2, 0) is 4.74 Å². The molecule has 0 amide bonds. The van der Waals surface area contributed by atoms with Gasteiger partial charge in [0.1, 0.15) is 5.56 Å². The highest BCUT2D eigenvalue weighted by molar-refractivity contribution is 7.71. The van der Waals surface area contributed by atoms with Gasteiger partial charge in [-0.1, -0.05) is 6.92 Å². The van der Waals surface area contributed by atoms with Crippen LogP contribution in [0.1, 0.15) is 31.9 Å². The first-order chi connectivity index (χ1) is 11.0. The van der Waals surface area contributed by atoms with Crippen LogP contribution < -0.4 is 5.56 Å². The molecule has 128 valence electrons. The average Bonchev–Trinajstić information content (AvgIpc) is 2.54. The summed E-state index contributed by atoms with van der Waals surface area (Å²) in [4.78, 5) is 21.1. The van der Waals surface area contributed by atoms with Gasteiger partial charge in [0.2, 0.25) is 5.88 Å². The number of aromatic hydroxyl groups is 1. The van der Waals surface area contributed by atoms with Gasteiger partial charge in [-0.25, -0.2) is 0 Å². The van der Waals surface area contributed by atoms with Crippen LogP contribution in [-0.4, -0.2) is 65.2 Å². The lowest BCUT2D eigenvalue weighted by molar-refractivity contribution is 0.0395. The quantitative estimate of drug-likeness (QED) is 0.603. The lowest BCUT2D eigenvalue weighted by atomic mass is 10.2. The third-order valence-electron chi connectivity index (χ3n) is 4.05. The number of nitrogens with zero attached hydrogens (tertiary/aromatic N) is 3. The van der Waals surface area contributed by atoms with Crippen LogP contribution in [0.25, 0.3) is 0 Å². The molecule has 2 rings (SSSR count). The van der Waals surface area contributed by atoms with E-state index >= 15 is 0 Å². The summed E-state index contributed by atoms with van der Waals surface area (Å²) in [6.45, 7) is 8.61. The minimum atomic E-state index is -0.415. The largest absolute Gasteiger partial charge is 0.494 e. The van der Waals surface area contributed by atoms with E-state index in [-0.39, 0.29) is 22.3 Å². The molecule has 23 heavy (non-hydrogen) atoms. The molecule has 8 heteroatoms. The van der Waals surface area contributed by atoms with E-state index in [0.29, 0.717) is 6.54 Å². The summed E-state index contributed by atoms with van der Waals surface area (Å²) in [6.07, 6.45) is 2.23. The summed E-state index contributed by atoms with van der Waals surface area (Å²) in [6, 6.07) is -0.000139. The molecule has 7 nitrogen and oxygen atoms in total. The van der Waals surface area contributed by atoms with Gasteiger partial charge in [0.15, 0.2) is 4.77 Å². The highest BCUT2D eigenvalue weighted by Crippen LogP contribution is 2.19. The maximum absolute atomic E-state index is 12.0. The van der Waals surface area contributed by atoms with Gasteiger partial charge in [-0.2, -0.15) is 0 Å². The molecule has 1 saturated heterocycles. The number of hydrogen-bond acceptors (Lipinski definition) is 6. The van der Waals surface area contributed by atoms with E-state index in [9.17, 15) is 9.90 Å². The van der Waals surface area contributed by atoms with E-state index in [1.165, 1.54) is 6.21 Å². The minimum absolute atomic E-state index is 0.000139. The molecule has 2 heterocycles. The molecule has 0 aromatic carbocycles. The topological polar surface area (TPSA) is 82.8 Å². The Balaban J connectivity index is 2.11. The summed E-state index contributed by atoms with van der Waals surface area (Å²) in [5, 5.41) is 10.4. The van der Waals surface area contributed by atoms with Crippen molar-refractivity contribution in [3.63, 3.8) is 0 Å². The Hall–Kier alpha value is -1.51. The van der Waals surface area contributed by atoms with E-state index in [0.717, 1.165) is 39.3 Å². The molecule has 1 fully saturated rings. The van der Waals surface area contributed by atoms with Crippen LogP contribution in [0, 0.1) is 4.77 Å².